The maximum absolute atomic E-state index is 5.73. The zero-order chi connectivity index (χ0) is 17.2. The molecule has 5 nitrogen and oxygen atoms in total. The van der Waals surface area contributed by atoms with Gasteiger partial charge in [-0.3, -0.25) is 4.98 Å². The van der Waals surface area contributed by atoms with Crippen molar-refractivity contribution in [1.82, 2.24) is 10.3 Å². The number of anilines is 1. The van der Waals surface area contributed by atoms with Crippen molar-refractivity contribution in [2.45, 2.75) is 12.1 Å². The molecular formula is C19H17N3O2S. The van der Waals surface area contributed by atoms with E-state index in [0.717, 1.165) is 22.9 Å². The predicted molar refractivity (Wildman–Crippen MR) is 99.6 cm³/mol. The quantitative estimate of drug-likeness (QED) is 0.721. The van der Waals surface area contributed by atoms with Gasteiger partial charge in [-0.25, -0.2) is 0 Å². The number of methoxy groups -OCH3 is 1. The van der Waals surface area contributed by atoms with Crippen molar-refractivity contribution >= 4 is 23.0 Å². The lowest BCUT2D eigenvalue weighted by Crippen LogP contribution is -2.29. The van der Waals surface area contributed by atoms with Gasteiger partial charge in [0.2, 0.25) is 0 Å². The number of hydrogen-bond acceptors (Lipinski definition) is 4. The second-order valence-corrected chi connectivity index (χ2v) is 6.07. The lowest BCUT2D eigenvalue weighted by molar-refractivity contribution is 0.408. The number of benzene rings is 1. The van der Waals surface area contributed by atoms with E-state index in [1.54, 1.807) is 19.6 Å². The van der Waals surface area contributed by atoms with Crippen LogP contribution in [0.3, 0.4) is 0 Å². The molecule has 2 aromatic heterocycles. The molecule has 0 aliphatic carbocycles. The molecule has 2 atom stereocenters. The van der Waals surface area contributed by atoms with E-state index in [1.165, 1.54) is 0 Å². The van der Waals surface area contributed by atoms with Gasteiger partial charge in [0.05, 0.1) is 30.8 Å². The van der Waals surface area contributed by atoms with Crippen LogP contribution in [-0.4, -0.2) is 17.2 Å². The molecule has 6 heteroatoms. The molecule has 0 amide bonds. The van der Waals surface area contributed by atoms with Crippen LogP contribution >= 0.6 is 12.2 Å². The highest BCUT2D eigenvalue weighted by Gasteiger charge is 2.43. The number of thiocarbonyl (C=S) groups is 1. The zero-order valence-corrected chi connectivity index (χ0v) is 14.4. The predicted octanol–water partition coefficient (Wildman–Crippen LogP) is 3.86. The van der Waals surface area contributed by atoms with Gasteiger partial charge in [0.15, 0.2) is 5.11 Å². The van der Waals surface area contributed by atoms with E-state index in [1.807, 2.05) is 59.5 Å². The summed E-state index contributed by atoms with van der Waals surface area (Å²) in [7, 11) is 1.66. The van der Waals surface area contributed by atoms with E-state index in [4.69, 9.17) is 21.4 Å². The molecule has 0 unspecified atom stereocenters. The number of ether oxygens (including phenoxy) is 1. The van der Waals surface area contributed by atoms with Crippen LogP contribution in [0.5, 0.6) is 5.75 Å². The van der Waals surface area contributed by atoms with Crippen molar-refractivity contribution in [3.63, 3.8) is 0 Å². The average Bonchev–Trinajstić information content (AvgIpc) is 3.30. The van der Waals surface area contributed by atoms with Gasteiger partial charge in [0, 0.05) is 6.20 Å². The van der Waals surface area contributed by atoms with E-state index in [9.17, 15) is 0 Å². The second-order valence-electron chi connectivity index (χ2n) is 5.68. The fourth-order valence-electron chi connectivity index (χ4n) is 3.19. The number of rotatable bonds is 4. The van der Waals surface area contributed by atoms with E-state index in [0.29, 0.717) is 5.11 Å². The SMILES string of the molecule is COc1ccccc1N1C(=S)N[C@@H](c2ccccn2)[C@@H]1c1ccco1. The Hall–Kier alpha value is -2.86. The van der Waals surface area contributed by atoms with E-state index in [2.05, 4.69) is 10.3 Å². The molecular weight excluding hydrogens is 334 g/mol. The Balaban J connectivity index is 1.84. The summed E-state index contributed by atoms with van der Waals surface area (Å²) >= 11 is 5.65. The minimum absolute atomic E-state index is 0.121. The number of furan rings is 1. The summed E-state index contributed by atoms with van der Waals surface area (Å²) in [5, 5.41) is 4.00. The van der Waals surface area contributed by atoms with Crippen LogP contribution in [0, 0.1) is 0 Å². The van der Waals surface area contributed by atoms with Crippen LogP contribution in [0.15, 0.2) is 71.5 Å². The Morgan fingerprint density at radius 1 is 1.12 bits per heavy atom. The molecule has 0 bridgehead atoms. The largest absolute Gasteiger partial charge is 0.495 e. The Bertz CT molecular complexity index is 867. The van der Waals surface area contributed by atoms with Gasteiger partial charge in [0.1, 0.15) is 17.6 Å². The number of hydrogen-bond donors (Lipinski definition) is 1. The molecule has 1 saturated heterocycles. The van der Waals surface area contributed by atoms with Crippen LogP contribution in [0.25, 0.3) is 0 Å². The van der Waals surface area contributed by atoms with Gasteiger partial charge in [-0.1, -0.05) is 18.2 Å². The molecule has 1 aliphatic rings. The summed E-state index contributed by atoms with van der Waals surface area (Å²) in [6, 6.07) is 17.2. The summed E-state index contributed by atoms with van der Waals surface area (Å²) in [4.78, 5) is 6.54. The van der Waals surface area contributed by atoms with E-state index in [-0.39, 0.29) is 12.1 Å². The van der Waals surface area contributed by atoms with Crippen molar-refractivity contribution in [1.29, 1.82) is 0 Å². The molecule has 3 aromatic rings. The minimum Gasteiger partial charge on any atom is -0.495 e. The first kappa shape index (κ1) is 15.7. The van der Waals surface area contributed by atoms with Crippen molar-refractivity contribution in [3.05, 3.63) is 78.5 Å². The normalized spacial score (nSPS) is 19.7. The molecule has 0 saturated carbocycles. The average molecular weight is 351 g/mol. The number of para-hydroxylation sites is 2. The third-order valence-electron chi connectivity index (χ3n) is 4.28. The summed E-state index contributed by atoms with van der Waals surface area (Å²) in [6.45, 7) is 0. The maximum Gasteiger partial charge on any atom is 0.174 e. The fraction of sp³-hybridized carbons (Fsp3) is 0.158. The molecule has 126 valence electrons. The van der Waals surface area contributed by atoms with Crippen molar-refractivity contribution in [3.8, 4) is 5.75 Å². The van der Waals surface area contributed by atoms with Gasteiger partial charge in [-0.15, -0.1) is 0 Å². The van der Waals surface area contributed by atoms with Crippen LogP contribution in [-0.2, 0) is 0 Å². The Kier molecular flexibility index (Phi) is 4.11. The summed E-state index contributed by atoms with van der Waals surface area (Å²) in [5.74, 6) is 1.57. The fourth-order valence-corrected chi connectivity index (χ4v) is 3.53. The molecule has 0 radical (unpaired) electrons. The van der Waals surface area contributed by atoms with Gasteiger partial charge in [-0.2, -0.15) is 0 Å². The first-order valence-electron chi connectivity index (χ1n) is 7.96. The first-order chi connectivity index (χ1) is 12.3. The third kappa shape index (κ3) is 2.74. The number of nitrogens with one attached hydrogen (secondary N) is 1. The van der Waals surface area contributed by atoms with Gasteiger partial charge in [0.25, 0.3) is 0 Å². The minimum atomic E-state index is -0.159. The van der Waals surface area contributed by atoms with Crippen LogP contribution in [0.1, 0.15) is 23.5 Å². The van der Waals surface area contributed by atoms with Gasteiger partial charge >= 0.3 is 0 Å². The highest BCUT2D eigenvalue weighted by molar-refractivity contribution is 7.80. The van der Waals surface area contributed by atoms with Crippen molar-refractivity contribution in [2.24, 2.45) is 0 Å². The van der Waals surface area contributed by atoms with Crippen molar-refractivity contribution in [2.75, 3.05) is 12.0 Å². The zero-order valence-electron chi connectivity index (χ0n) is 13.6. The lowest BCUT2D eigenvalue weighted by atomic mass is 10.0. The van der Waals surface area contributed by atoms with E-state index < -0.39 is 0 Å². The molecule has 4 rings (SSSR count). The molecule has 1 aliphatic heterocycles. The number of aromatic nitrogens is 1. The smallest absolute Gasteiger partial charge is 0.174 e. The molecule has 1 N–H and O–H groups in total. The number of pyridine rings is 1. The van der Waals surface area contributed by atoms with Gasteiger partial charge in [-0.05, 0) is 48.6 Å². The maximum atomic E-state index is 5.73. The van der Waals surface area contributed by atoms with Gasteiger partial charge < -0.3 is 19.4 Å². The summed E-state index contributed by atoms with van der Waals surface area (Å²) in [6.07, 6.45) is 3.46. The Morgan fingerprint density at radius 3 is 2.68 bits per heavy atom. The molecule has 3 heterocycles. The van der Waals surface area contributed by atoms with Crippen LogP contribution < -0.4 is 15.0 Å². The topological polar surface area (TPSA) is 50.5 Å². The summed E-state index contributed by atoms with van der Waals surface area (Å²) < 4.78 is 11.3. The highest BCUT2D eigenvalue weighted by Crippen LogP contribution is 2.44. The Morgan fingerprint density at radius 2 is 1.96 bits per heavy atom. The van der Waals surface area contributed by atoms with Crippen molar-refractivity contribution < 1.29 is 9.15 Å². The molecule has 1 fully saturated rings. The monoisotopic (exact) mass is 351 g/mol. The molecule has 25 heavy (non-hydrogen) atoms. The van der Waals surface area contributed by atoms with E-state index >= 15 is 0 Å². The third-order valence-corrected chi connectivity index (χ3v) is 4.59. The first-order valence-corrected chi connectivity index (χ1v) is 8.37. The number of nitrogens with zero attached hydrogens (tertiary/aromatic N) is 2. The van der Waals surface area contributed by atoms with Crippen LogP contribution in [0.2, 0.25) is 0 Å². The Labute approximate surface area is 151 Å². The second kappa shape index (κ2) is 6.57. The molecule has 0 spiro atoms. The molecule has 1 aromatic carbocycles. The standard InChI is InChI=1S/C19H17N3O2S/c1-23-15-9-3-2-8-14(15)22-18(16-10-6-12-24-16)17(21-19(22)25)13-7-4-5-11-20-13/h2-12,17-18H,1H3,(H,21,25)/t17-,18-/m0/s1. The highest BCUT2D eigenvalue weighted by atomic mass is 32.1. The lowest BCUT2D eigenvalue weighted by Gasteiger charge is -2.27. The van der Waals surface area contributed by atoms with Crippen LogP contribution in [0.4, 0.5) is 5.69 Å². The summed E-state index contributed by atoms with van der Waals surface area (Å²) in [5.41, 5.74) is 1.80.